The van der Waals surface area contributed by atoms with Crippen LogP contribution in [0.1, 0.15) is 11.1 Å². The van der Waals surface area contributed by atoms with Crippen LogP contribution in [0.25, 0.3) is 0 Å². The highest BCUT2D eigenvalue weighted by molar-refractivity contribution is 6.32. The molecule has 0 spiro atoms. The predicted octanol–water partition coefficient (Wildman–Crippen LogP) is 1.55. The van der Waals surface area contributed by atoms with Crippen LogP contribution < -0.4 is 16.0 Å². The molecule has 0 fully saturated rings. The summed E-state index contributed by atoms with van der Waals surface area (Å²) in [7, 11) is 3.64. The minimum Gasteiger partial charge on any atom is -0.495 e. The van der Waals surface area contributed by atoms with Crippen molar-refractivity contribution in [3.63, 3.8) is 0 Å². The molecule has 1 aromatic carbocycles. The van der Waals surface area contributed by atoms with Crippen LogP contribution >= 0.6 is 11.6 Å². The highest BCUT2D eigenvalue weighted by atomic mass is 35.5. The van der Waals surface area contributed by atoms with Crippen LogP contribution in [-0.2, 0) is 6.42 Å². The zero-order valence-electron chi connectivity index (χ0n) is 10.6. The van der Waals surface area contributed by atoms with E-state index in [2.05, 4.69) is 17.2 Å². The standard InChI is InChI=1S/C12H20ClN3O/c1-9-6-12(17-3)11(13)7-10(9)4-5-16(2)8-15-14/h6-7,15H,4-5,8,14H2,1-3H3. The topological polar surface area (TPSA) is 50.5 Å². The van der Waals surface area contributed by atoms with Crippen LogP contribution in [0.3, 0.4) is 0 Å². The van der Waals surface area contributed by atoms with E-state index >= 15 is 0 Å². The van der Waals surface area contributed by atoms with Crippen LogP contribution in [-0.4, -0.2) is 32.3 Å². The molecule has 0 saturated heterocycles. The summed E-state index contributed by atoms with van der Waals surface area (Å²) in [6.45, 7) is 3.66. The summed E-state index contributed by atoms with van der Waals surface area (Å²) in [5.74, 6) is 5.99. The second-order valence-corrected chi connectivity index (χ2v) is 4.51. The zero-order chi connectivity index (χ0) is 12.8. The maximum Gasteiger partial charge on any atom is 0.137 e. The summed E-state index contributed by atoms with van der Waals surface area (Å²) in [5.41, 5.74) is 5.06. The molecule has 0 aliphatic heterocycles. The summed E-state index contributed by atoms with van der Waals surface area (Å²) >= 11 is 6.11. The first kappa shape index (κ1) is 14.3. The van der Waals surface area contributed by atoms with Gasteiger partial charge in [-0.2, -0.15) is 0 Å². The SMILES string of the molecule is COc1cc(C)c(CCN(C)CNN)cc1Cl. The molecular weight excluding hydrogens is 238 g/mol. The largest absolute Gasteiger partial charge is 0.495 e. The van der Waals surface area contributed by atoms with Crippen molar-refractivity contribution in [1.82, 2.24) is 10.3 Å². The number of ether oxygens (including phenoxy) is 1. The van der Waals surface area contributed by atoms with E-state index in [1.165, 1.54) is 11.1 Å². The highest BCUT2D eigenvalue weighted by Crippen LogP contribution is 2.28. The average Bonchev–Trinajstić information content (AvgIpc) is 2.30. The minimum absolute atomic E-state index is 0.660. The predicted molar refractivity (Wildman–Crippen MR) is 71.3 cm³/mol. The van der Waals surface area contributed by atoms with E-state index in [1.54, 1.807) is 7.11 Å². The number of methoxy groups -OCH3 is 1. The van der Waals surface area contributed by atoms with Gasteiger partial charge in [0.1, 0.15) is 5.75 Å². The van der Waals surface area contributed by atoms with Gasteiger partial charge in [0, 0.05) is 6.54 Å². The van der Waals surface area contributed by atoms with Crippen molar-refractivity contribution < 1.29 is 4.74 Å². The van der Waals surface area contributed by atoms with E-state index in [4.69, 9.17) is 22.2 Å². The smallest absolute Gasteiger partial charge is 0.137 e. The molecule has 3 N–H and O–H groups in total. The summed E-state index contributed by atoms with van der Waals surface area (Å²) in [5, 5.41) is 0.660. The van der Waals surface area contributed by atoms with Crippen molar-refractivity contribution in [3.8, 4) is 5.75 Å². The molecule has 17 heavy (non-hydrogen) atoms. The van der Waals surface area contributed by atoms with E-state index in [1.807, 2.05) is 19.2 Å². The fraction of sp³-hybridized carbons (Fsp3) is 0.500. The van der Waals surface area contributed by atoms with Crippen molar-refractivity contribution >= 4 is 11.6 Å². The number of nitrogens with zero attached hydrogens (tertiary/aromatic N) is 1. The fourth-order valence-electron chi connectivity index (χ4n) is 1.67. The Balaban J connectivity index is 2.68. The Labute approximate surface area is 108 Å². The number of hydrogen-bond acceptors (Lipinski definition) is 4. The Hall–Kier alpha value is -0.810. The molecule has 0 aliphatic rings. The number of likely N-dealkylation sites (N-methyl/N-ethyl adjacent to an activating group) is 1. The number of nitrogens with two attached hydrogens (primary N) is 1. The van der Waals surface area contributed by atoms with E-state index in [9.17, 15) is 0 Å². The number of hydrazine groups is 1. The van der Waals surface area contributed by atoms with E-state index < -0.39 is 0 Å². The van der Waals surface area contributed by atoms with Crippen molar-refractivity contribution in [3.05, 3.63) is 28.3 Å². The van der Waals surface area contributed by atoms with E-state index in [-0.39, 0.29) is 0 Å². The lowest BCUT2D eigenvalue weighted by Crippen LogP contribution is -2.36. The van der Waals surface area contributed by atoms with Gasteiger partial charge in [-0.3, -0.25) is 10.7 Å². The van der Waals surface area contributed by atoms with Crippen molar-refractivity contribution in [2.24, 2.45) is 5.84 Å². The number of halogens is 1. The molecule has 0 unspecified atom stereocenters. The van der Waals surface area contributed by atoms with Gasteiger partial charge in [-0.1, -0.05) is 11.6 Å². The molecule has 4 nitrogen and oxygen atoms in total. The summed E-state index contributed by atoms with van der Waals surface area (Å²) in [6.07, 6.45) is 0.938. The maximum atomic E-state index is 6.11. The van der Waals surface area contributed by atoms with Gasteiger partial charge < -0.3 is 4.74 Å². The molecule has 0 radical (unpaired) electrons. The first-order chi connectivity index (χ1) is 8.08. The molecule has 1 rings (SSSR count). The average molecular weight is 258 g/mol. The van der Waals surface area contributed by atoms with Gasteiger partial charge in [-0.25, -0.2) is 5.43 Å². The molecule has 0 saturated carbocycles. The molecule has 0 aromatic heterocycles. The molecule has 0 heterocycles. The number of aryl methyl sites for hydroxylation is 1. The van der Waals surface area contributed by atoms with Gasteiger partial charge in [0.2, 0.25) is 0 Å². The van der Waals surface area contributed by atoms with Crippen LogP contribution in [0.5, 0.6) is 5.75 Å². The summed E-state index contributed by atoms with van der Waals surface area (Å²) < 4.78 is 5.18. The number of hydrogen-bond donors (Lipinski definition) is 2. The Morgan fingerprint density at radius 2 is 2.18 bits per heavy atom. The zero-order valence-corrected chi connectivity index (χ0v) is 11.3. The fourth-order valence-corrected chi connectivity index (χ4v) is 1.93. The minimum atomic E-state index is 0.660. The molecule has 0 atom stereocenters. The Kier molecular flexibility index (Phi) is 5.71. The number of rotatable bonds is 6. The maximum absolute atomic E-state index is 6.11. The van der Waals surface area contributed by atoms with Gasteiger partial charge >= 0.3 is 0 Å². The number of nitrogens with one attached hydrogen (secondary N) is 1. The summed E-state index contributed by atoms with van der Waals surface area (Å²) in [6, 6.07) is 3.94. The van der Waals surface area contributed by atoms with Crippen LogP contribution in [0.15, 0.2) is 12.1 Å². The molecule has 0 aliphatic carbocycles. The quantitative estimate of drug-likeness (QED) is 0.461. The lowest BCUT2D eigenvalue weighted by molar-refractivity contribution is 0.312. The van der Waals surface area contributed by atoms with Gasteiger partial charge in [-0.15, -0.1) is 0 Å². The Morgan fingerprint density at radius 3 is 2.76 bits per heavy atom. The summed E-state index contributed by atoms with van der Waals surface area (Å²) in [4.78, 5) is 2.11. The third-order valence-electron chi connectivity index (χ3n) is 2.73. The first-order valence-corrected chi connectivity index (χ1v) is 5.91. The second kappa shape index (κ2) is 6.81. The molecule has 96 valence electrons. The second-order valence-electron chi connectivity index (χ2n) is 4.11. The van der Waals surface area contributed by atoms with Gasteiger partial charge in [0.15, 0.2) is 0 Å². The highest BCUT2D eigenvalue weighted by Gasteiger charge is 2.07. The third kappa shape index (κ3) is 4.16. The van der Waals surface area contributed by atoms with E-state index in [0.29, 0.717) is 11.7 Å². The monoisotopic (exact) mass is 257 g/mol. The lowest BCUT2D eigenvalue weighted by Gasteiger charge is -2.17. The van der Waals surface area contributed by atoms with Gasteiger partial charge in [0.25, 0.3) is 0 Å². The van der Waals surface area contributed by atoms with Crippen LogP contribution in [0.4, 0.5) is 0 Å². The first-order valence-electron chi connectivity index (χ1n) is 5.53. The van der Waals surface area contributed by atoms with Gasteiger partial charge in [-0.05, 0) is 43.7 Å². The third-order valence-corrected chi connectivity index (χ3v) is 3.03. The molecule has 1 aromatic rings. The number of benzene rings is 1. The molecule has 0 amide bonds. The van der Waals surface area contributed by atoms with Crippen molar-refractivity contribution in [2.75, 3.05) is 27.4 Å². The Morgan fingerprint density at radius 1 is 1.47 bits per heavy atom. The van der Waals surface area contributed by atoms with Crippen LogP contribution in [0.2, 0.25) is 5.02 Å². The van der Waals surface area contributed by atoms with Crippen molar-refractivity contribution in [1.29, 1.82) is 0 Å². The molecule has 5 heteroatoms. The van der Waals surface area contributed by atoms with Gasteiger partial charge in [0.05, 0.1) is 18.8 Å². The van der Waals surface area contributed by atoms with E-state index in [0.717, 1.165) is 18.7 Å². The van der Waals surface area contributed by atoms with Crippen LogP contribution in [0, 0.1) is 6.92 Å². The molecular formula is C12H20ClN3O. The molecule has 0 bridgehead atoms. The Bertz CT molecular complexity index is 371. The lowest BCUT2D eigenvalue weighted by atomic mass is 10.1. The van der Waals surface area contributed by atoms with Crippen molar-refractivity contribution in [2.45, 2.75) is 13.3 Å². The normalized spacial score (nSPS) is 10.9.